The van der Waals surface area contributed by atoms with Crippen LogP contribution in [0.15, 0.2) is 12.4 Å². The monoisotopic (exact) mass is 239 g/mol. The lowest BCUT2D eigenvalue weighted by Gasteiger charge is -2.43. The Bertz CT molecular complexity index is 353. The number of aromatic nitrogens is 2. The number of aryl methyl sites for hydroxylation is 1. The van der Waals surface area contributed by atoms with E-state index >= 15 is 0 Å². The molecule has 1 aromatic rings. The fourth-order valence-electron chi connectivity index (χ4n) is 2.09. The predicted molar refractivity (Wildman–Crippen MR) is 65.1 cm³/mol. The van der Waals surface area contributed by atoms with Crippen molar-refractivity contribution in [2.75, 3.05) is 13.7 Å². The molecule has 5 nitrogen and oxygen atoms in total. The van der Waals surface area contributed by atoms with Crippen LogP contribution in [0.1, 0.15) is 19.8 Å². The molecule has 1 aliphatic rings. The van der Waals surface area contributed by atoms with Gasteiger partial charge in [-0.1, -0.05) is 6.92 Å². The highest BCUT2D eigenvalue weighted by Gasteiger charge is 2.43. The quantitative estimate of drug-likeness (QED) is 0.803. The van der Waals surface area contributed by atoms with Gasteiger partial charge < -0.3 is 14.8 Å². The molecule has 0 spiro atoms. The minimum Gasteiger partial charge on any atom is -0.484 e. The smallest absolute Gasteiger partial charge is 0.157 e. The third-order valence-corrected chi connectivity index (χ3v) is 3.10. The van der Waals surface area contributed by atoms with E-state index in [2.05, 4.69) is 17.3 Å². The molecule has 1 fully saturated rings. The van der Waals surface area contributed by atoms with Gasteiger partial charge in [0.2, 0.25) is 0 Å². The normalized spacial score (nSPS) is 27.8. The summed E-state index contributed by atoms with van der Waals surface area (Å²) in [6.07, 6.45) is 5.93. The zero-order chi connectivity index (χ0) is 12.3. The van der Waals surface area contributed by atoms with Crippen LogP contribution in [-0.2, 0) is 11.8 Å². The summed E-state index contributed by atoms with van der Waals surface area (Å²) in [5.41, 5.74) is 0. The Balaban J connectivity index is 1.88. The van der Waals surface area contributed by atoms with Crippen molar-refractivity contribution >= 4 is 0 Å². The van der Waals surface area contributed by atoms with Crippen LogP contribution in [0, 0.1) is 0 Å². The van der Waals surface area contributed by atoms with Crippen molar-refractivity contribution < 1.29 is 9.47 Å². The number of ether oxygens (including phenoxy) is 2. The van der Waals surface area contributed by atoms with Gasteiger partial charge in [-0.2, -0.15) is 5.10 Å². The van der Waals surface area contributed by atoms with E-state index in [0.29, 0.717) is 6.04 Å². The molecule has 3 atom stereocenters. The largest absolute Gasteiger partial charge is 0.484 e. The van der Waals surface area contributed by atoms with Crippen molar-refractivity contribution in [3.63, 3.8) is 0 Å². The molecule has 96 valence electrons. The van der Waals surface area contributed by atoms with E-state index in [1.165, 1.54) is 0 Å². The molecular weight excluding hydrogens is 218 g/mol. The van der Waals surface area contributed by atoms with Crippen molar-refractivity contribution in [3.8, 4) is 5.75 Å². The standard InChI is InChI=1S/C12H21N3O2/c1-4-5-16-12-10(13-2)6-11(12)17-9-7-14-15(3)8-9/h7-8,10-13H,4-6H2,1-3H3. The number of hydrogen-bond donors (Lipinski definition) is 1. The SMILES string of the molecule is CCCOC1C(NC)CC1Oc1cnn(C)c1. The molecule has 0 radical (unpaired) electrons. The highest BCUT2D eigenvalue weighted by Crippen LogP contribution is 2.28. The Morgan fingerprint density at radius 2 is 2.41 bits per heavy atom. The topological polar surface area (TPSA) is 48.3 Å². The summed E-state index contributed by atoms with van der Waals surface area (Å²) >= 11 is 0. The second-order valence-electron chi connectivity index (χ2n) is 4.47. The van der Waals surface area contributed by atoms with Crippen molar-refractivity contribution in [2.24, 2.45) is 7.05 Å². The van der Waals surface area contributed by atoms with E-state index in [-0.39, 0.29) is 12.2 Å². The van der Waals surface area contributed by atoms with E-state index in [0.717, 1.165) is 25.2 Å². The lowest BCUT2D eigenvalue weighted by atomic mass is 9.85. The number of hydrogen-bond acceptors (Lipinski definition) is 4. The fraction of sp³-hybridized carbons (Fsp3) is 0.750. The summed E-state index contributed by atoms with van der Waals surface area (Å²) < 4.78 is 13.4. The van der Waals surface area contributed by atoms with Gasteiger partial charge >= 0.3 is 0 Å². The van der Waals surface area contributed by atoms with Gasteiger partial charge in [0.15, 0.2) is 5.75 Å². The molecule has 0 bridgehead atoms. The van der Waals surface area contributed by atoms with Gasteiger partial charge in [0.1, 0.15) is 12.2 Å². The minimum absolute atomic E-state index is 0.142. The molecule has 2 rings (SSSR count). The third-order valence-electron chi connectivity index (χ3n) is 3.10. The summed E-state index contributed by atoms with van der Waals surface area (Å²) in [4.78, 5) is 0. The first-order chi connectivity index (χ1) is 8.24. The number of rotatable bonds is 6. The highest BCUT2D eigenvalue weighted by atomic mass is 16.5. The lowest BCUT2D eigenvalue weighted by Crippen LogP contribution is -2.60. The van der Waals surface area contributed by atoms with Gasteiger partial charge in [0.05, 0.1) is 12.4 Å². The van der Waals surface area contributed by atoms with Crippen molar-refractivity contribution in [1.29, 1.82) is 0 Å². The summed E-state index contributed by atoms with van der Waals surface area (Å²) in [5.74, 6) is 0.817. The number of nitrogens with zero attached hydrogens (tertiary/aromatic N) is 2. The van der Waals surface area contributed by atoms with Gasteiger partial charge in [0.25, 0.3) is 0 Å². The molecule has 1 N–H and O–H groups in total. The molecule has 1 saturated carbocycles. The van der Waals surface area contributed by atoms with Crippen LogP contribution in [0.5, 0.6) is 5.75 Å². The Morgan fingerprint density at radius 3 is 3.00 bits per heavy atom. The Kier molecular flexibility index (Phi) is 4.02. The molecule has 1 aliphatic carbocycles. The molecular formula is C12H21N3O2. The molecule has 5 heteroatoms. The van der Waals surface area contributed by atoms with Crippen LogP contribution in [0.2, 0.25) is 0 Å². The van der Waals surface area contributed by atoms with Gasteiger partial charge in [-0.25, -0.2) is 0 Å². The molecule has 0 aromatic carbocycles. The van der Waals surface area contributed by atoms with Crippen LogP contribution >= 0.6 is 0 Å². The summed E-state index contributed by atoms with van der Waals surface area (Å²) in [5, 5.41) is 7.35. The molecule has 3 unspecified atom stereocenters. The van der Waals surface area contributed by atoms with Gasteiger partial charge in [-0.15, -0.1) is 0 Å². The number of nitrogens with one attached hydrogen (secondary N) is 1. The average molecular weight is 239 g/mol. The molecule has 1 aromatic heterocycles. The van der Waals surface area contributed by atoms with E-state index in [1.807, 2.05) is 20.3 Å². The van der Waals surface area contributed by atoms with E-state index in [1.54, 1.807) is 10.9 Å². The molecule has 0 saturated heterocycles. The lowest BCUT2D eigenvalue weighted by molar-refractivity contribution is -0.106. The van der Waals surface area contributed by atoms with Crippen molar-refractivity contribution in [1.82, 2.24) is 15.1 Å². The highest BCUT2D eigenvalue weighted by molar-refractivity contribution is 5.14. The second kappa shape index (κ2) is 5.51. The Hall–Kier alpha value is -1.07. The average Bonchev–Trinajstić information content (AvgIpc) is 2.70. The maximum absolute atomic E-state index is 5.86. The van der Waals surface area contributed by atoms with Crippen molar-refractivity contribution in [2.45, 2.75) is 38.0 Å². The van der Waals surface area contributed by atoms with E-state index in [9.17, 15) is 0 Å². The molecule has 17 heavy (non-hydrogen) atoms. The van der Waals surface area contributed by atoms with Gasteiger partial charge in [-0.3, -0.25) is 4.68 Å². The number of likely N-dealkylation sites (N-methyl/N-ethyl adjacent to an activating group) is 1. The first-order valence-electron chi connectivity index (χ1n) is 6.18. The Morgan fingerprint density at radius 1 is 1.59 bits per heavy atom. The van der Waals surface area contributed by atoms with Crippen LogP contribution in [0.4, 0.5) is 0 Å². The van der Waals surface area contributed by atoms with Crippen LogP contribution in [-0.4, -0.2) is 41.7 Å². The predicted octanol–water partition coefficient (Wildman–Crippen LogP) is 0.954. The zero-order valence-corrected chi connectivity index (χ0v) is 10.7. The van der Waals surface area contributed by atoms with Gasteiger partial charge in [-0.05, 0) is 13.5 Å². The third kappa shape index (κ3) is 2.79. The maximum Gasteiger partial charge on any atom is 0.157 e. The Labute approximate surface area is 102 Å². The maximum atomic E-state index is 5.86. The summed E-state index contributed by atoms with van der Waals surface area (Å²) in [6.45, 7) is 2.90. The summed E-state index contributed by atoms with van der Waals surface area (Å²) in [6, 6.07) is 0.406. The van der Waals surface area contributed by atoms with Crippen LogP contribution in [0.3, 0.4) is 0 Å². The molecule has 0 aliphatic heterocycles. The van der Waals surface area contributed by atoms with Gasteiger partial charge in [0, 0.05) is 26.1 Å². The molecule has 1 heterocycles. The van der Waals surface area contributed by atoms with E-state index < -0.39 is 0 Å². The summed E-state index contributed by atoms with van der Waals surface area (Å²) in [7, 11) is 3.85. The first kappa shape index (κ1) is 12.4. The van der Waals surface area contributed by atoms with Crippen LogP contribution < -0.4 is 10.1 Å². The van der Waals surface area contributed by atoms with Crippen molar-refractivity contribution in [3.05, 3.63) is 12.4 Å². The minimum atomic E-state index is 0.142. The van der Waals surface area contributed by atoms with Crippen LogP contribution in [0.25, 0.3) is 0 Å². The zero-order valence-electron chi connectivity index (χ0n) is 10.7. The van der Waals surface area contributed by atoms with E-state index in [4.69, 9.17) is 9.47 Å². The first-order valence-corrected chi connectivity index (χ1v) is 6.18. The second-order valence-corrected chi connectivity index (χ2v) is 4.47. The molecule has 0 amide bonds. The fourth-order valence-corrected chi connectivity index (χ4v) is 2.09.